The molecule has 2 nitrogen and oxygen atoms in total. The van der Waals surface area contributed by atoms with Gasteiger partial charge in [0, 0.05) is 12.2 Å². The lowest BCUT2D eigenvalue weighted by atomic mass is 10.1. The van der Waals surface area contributed by atoms with Crippen molar-refractivity contribution in [3.05, 3.63) is 35.9 Å². The third kappa shape index (κ3) is 1.41. The van der Waals surface area contributed by atoms with E-state index in [1.54, 1.807) is 0 Å². The second-order valence-electron chi connectivity index (χ2n) is 2.37. The van der Waals surface area contributed by atoms with Gasteiger partial charge in [-0.2, -0.15) is 0 Å². The summed E-state index contributed by atoms with van der Waals surface area (Å²) >= 11 is 0. The van der Waals surface area contributed by atoms with Gasteiger partial charge in [0.25, 0.3) is 0 Å². The molecule has 0 saturated carbocycles. The molecule has 58 valence electrons. The van der Waals surface area contributed by atoms with E-state index in [-0.39, 0.29) is 6.15 Å². The maximum atomic E-state index is 3.28. The van der Waals surface area contributed by atoms with Gasteiger partial charge < -0.3 is 11.5 Å². The van der Waals surface area contributed by atoms with Gasteiger partial charge in [-0.05, 0) is 11.6 Å². The van der Waals surface area contributed by atoms with Crippen molar-refractivity contribution in [2.24, 2.45) is 0 Å². The maximum absolute atomic E-state index is 3.28. The minimum Gasteiger partial charge on any atom is -0.381 e. The first kappa shape index (κ1) is 7.82. The molecule has 11 heavy (non-hydrogen) atoms. The molecule has 0 aromatic heterocycles. The largest absolute Gasteiger partial charge is 0.381 e. The Kier molecular flexibility index (Phi) is 2.28. The average molecular weight is 148 g/mol. The van der Waals surface area contributed by atoms with Crippen molar-refractivity contribution in [2.45, 2.75) is 0 Å². The summed E-state index contributed by atoms with van der Waals surface area (Å²) in [6.45, 7) is 0.955. The van der Waals surface area contributed by atoms with Crippen LogP contribution < -0.4 is 11.5 Å². The molecule has 0 aliphatic carbocycles. The molecular formula is C9H12N2. The molecule has 2 heteroatoms. The van der Waals surface area contributed by atoms with E-state index < -0.39 is 0 Å². The van der Waals surface area contributed by atoms with E-state index in [0.29, 0.717) is 0 Å². The van der Waals surface area contributed by atoms with Crippen LogP contribution in [0.15, 0.2) is 30.3 Å². The quantitative estimate of drug-likeness (QED) is 0.593. The molecule has 0 fully saturated rings. The number of nitrogens with one attached hydrogen (secondary N) is 1. The SMILES string of the molecule is C1=Cc2ccccc2NC1.N. The van der Waals surface area contributed by atoms with Crippen molar-refractivity contribution in [2.75, 3.05) is 11.9 Å². The third-order valence-corrected chi connectivity index (χ3v) is 1.67. The highest BCUT2D eigenvalue weighted by Gasteiger charge is 1.98. The summed E-state index contributed by atoms with van der Waals surface area (Å²) in [6.07, 6.45) is 4.27. The molecule has 0 atom stereocenters. The fourth-order valence-electron chi connectivity index (χ4n) is 1.16. The number of hydrogen-bond acceptors (Lipinski definition) is 2. The topological polar surface area (TPSA) is 47.0 Å². The van der Waals surface area contributed by atoms with Crippen molar-refractivity contribution in [3.63, 3.8) is 0 Å². The summed E-state index contributed by atoms with van der Waals surface area (Å²) in [4.78, 5) is 0. The van der Waals surface area contributed by atoms with E-state index in [1.807, 2.05) is 6.07 Å². The second-order valence-corrected chi connectivity index (χ2v) is 2.37. The van der Waals surface area contributed by atoms with Crippen LogP contribution in [0.4, 0.5) is 5.69 Å². The lowest BCUT2D eigenvalue weighted by Crippen LogP contribution is -2.03. The van der Waals surface area contributed by atoms with Crippen molar-refractivity contribution in [1.82, 2.24) is 6.15 Å². The first-order chi connectivity index (χ1) is 4.97. The summed E-state index contributed by atoms with van der Waals surface area (Å²) in [7, 11) is 0. The van der Waals surface area contributed by atoms with E-state index in [1.165, 1.54) is 11.3 Å². The van der Waals surface area contributed by atoms with Crippen LogP contribution in [0.5, 0.6) is 0 Å². The van der Waals surface area contributed by atoms with Gasteiger partial charge in [0.1, 0.15) is 0 Å². The Balaban J connectivity index is 0.000000605. The summed E-state index contributed by atoms with van der Waals surface area (Å²) in [6, 6.07) is 8.30. The number of hydrogen-bond donors (Lipinski definition) is 2. The molecule has 1 aromatic rings. The molecule has 1 heterocycles. The van der Waals surface area contributed by atoms with E-state index in [0.717, 1.165) is 6.54 Å². The van der Waals surface area contributed by atoms with E-state index in [4.69, 9.17) is 0 Å². The Morgan fingerprint density at radius 2 is 2.00 bits per heavy atom. The predicted molar refractivity (Wildman–Crippen MR) is 49.0 cm³/mol. The molecule has 0 unspecified atom stereocenters. The zero-order chi connectivity index (χ0) is 6.81. The van der Waals surface area contributed by atoms with Crippen molar-refractivity contribution < 1.29 is 0 Å². The van der Waals surface area contributed by atoms with Crippen LogP contribution in [0.3, 0.4) is 0 Å². The molecule has 0 radical (unpaired) electrons. The molecule has 4 N–H and O–H groups in total. The number of fused-ring (bicyclic) bond motifs is 1. The van der Waals surface area contributed by atoms with Gasteiger partial charge in [-0.15, -0.1) is 0 Å². The number of para-hydroxylation sites is 1. The molecule has 0 spiro atoms. The van der Waals surface area contributed by atoms with Gasteiger partial charge in [-0.25, -0.2) is 0 Å². The number of anilines is 1. The van der Waals surface area contributed by atoms with Gasteiger partial charge in [0.15, 0.2) is 0 Å². The fourth-order valence-corrected chi connectivity index (χ4v) is 1.16. The zero-order valence-electron chi connectivity index (χ0n) is 6.38. The maximum Gasteiger partial charge on any atom is 0.0416 e. The zero-order valence-corrected chi connectivity index (χ0v) is 6.38. The van der Waals surface area contributed by atoms with Crippen LogP contribution in [0.2, 0.25) is 0 Å². The summed E-state index contributed by atoms with van der Waals surface area (Å²) in [5, 5.41) is 3.28. The van der Waals surface area contributed by atoms with Crippen LogP contribution in [0.1, 0.15) is 5.56 Å². The first-order valence-electron chi connectivity index (χ1n) is 3.46. The van der Waals surface area contributed by atoms with Crippen LogP contribution in [0.25, 0.3) is 6.08 Å². The summed E-state index contributed by atoms with van der Waals surface area (Å²) in [5.74, 6) is 0. The highest BCUT2D eigenvalue weighted by molar-refractivity contribution is 5.69. The van der Waals surface area contributed by atoms with Gasteiger partial charge in [0.05, 0.1) is 0 Å². The molecule has 0 amide bonds. The van der Waals surface area contributed by atoms with Gasteiger partial charge >= 0.3 is 0 Å². The molecular weight excluding hydrogens is 136 g/mol. The molecule has 0 bridgehead atoms. The number of benzene rings is 1. The number of rotatable bonds is 0. The van der Waals surface area contributed by atoms with Crippen LogP contribution in [0, 0.1) is 0 Å². The van der Waals surface area contributed by atoms with Gasteiger partial charge in [-0.3, -0.25) is 0 Å². The Hall–Kier alpha value is -1.28. The normalized spacial score (nSPS) is 12.7. The Labute approximate surface area is 66.5 Å². The lowest BCUT2D eigenvalue weighted by molar-refractivity contribution is 1.31. The molecule has 1 aromatic carbocycles. The summed E-state index contributed by atoms with van der Waals surface area (Å²) in [5.41, 5.74) is 2.53. The van der Waals surface area contributed by atoms with Crippen LogP contribution in [-0.4, -0.2) is 6.54 Å². The minimum absolute atomic E-state index is 0. The van der Waals surface area contributed by atoms with Gasteiger partial charge in [0.2, 0.25) is 0 Å². The van der Waals surface area contributed by atoms with Crippen LogP contribution >= 0.6 is 0 Å². The standard InChI is InChI=1S/C9H9N.H3N/c1-2-6-9-8(4-1)5-3-7-10-9;/h1-6,10H,7H2;1H3. The summed E-state index contributed by atoms with van der Waals surface area (Å²) < 4.78 is 0. The van der Waals surface area contributed by atoms with Gasteiger partial charge in [-0.1, -0.05) is 30.4 Å². The molecule has 0 saturated heterocycles. The Bertz CT molecular complexity index is 266. The molecule has 1 aliphatic rings. The van der Waals surface area contributed by atoms with Crippen LogP contribution in [-0.2, 0) is 0 Å². The highest BCUT2D eigenvalue weighted by Crippen LogP contribution is 2.18. The van der Waals surface area contributed by atoms with E-state index >= 15 is 0 Å². The molecule has 2 rings (SSSR count). The predicted octanol–water partition coefficient (Wildman–Crippen LogP) is 2.29. The Morgan fingerprint density at radius 1 is 1.18 bits per heavy atom. The second kappa shape index (κ2) is 3.21. The van der Waals surface area contributed by atoms with Crippen molar-refractivity contribution >= 4 is 11.8 Å². The smallest absolute Gasteiger partial charge is 0.0416 e. The van der Waals surface area contributed by atoms with E-state index in [9.17, 15) is 0 Å². The average Bonchev–Trinajstić information content (AvgIpc) is 2.05. The third-order valence-electron chi connectivity index (χ3n) is 1.67. The van der Waals surface area contributed by atoms with Crippen molar-refractivity contribution in [1.29, 1.82) is 0 Å². The minimum atomic E-state index is 0. The first-order valence-corrected chi connectivity index (χ1v) is 3.46. The van der Waals surface area contributed by atoms with Crippen molar-refractivity contribution in [3.8, 4) is 0 Å². The highest BCUT2D eigenvalue weighted by atomic mass is 14.9. The Morgan fingerprint density at radius 3 is 2.82 bits per heavy atom. The molecule has 1 aliphatic heterocycles. The fraction of sp³-hybridized carbons (Fsp3) is 0.111. The lowest BCUT2D eigenvalue weighted by Gasteiger charge is -2.11. The monoisotopic (exact) mass is 148 g/mol. The van der Waals surface area contributed by atoms with E-state index in [2.05, 4.69) is 35.7 Å².